The summed E-state index contributed by atoms with van der Waals surface area (Å²) in [5.74, 6) is -2.48. The number of fused-ring (bicyclic) bond motifs is 1. The number of benzene rings is 1. The molecule has 0 spiro atoms. The number of hydrogen-bond acceptors (Lipinski definition) is 6. The number of carbonyl (C=O) groups excluding carboxylic acids is 3. The number of nitrogens with zero attached hydrogens (tertiary/aromatic N) is 2. The first-order valence-electron chi connectivity index (χ1n) is 8.76. The molecule has 2 heterocycles. The number of ether oxygens (including phenoxy) is 1. The van der Waals surface area contributed by atoms with E-state index in [2.05, 4.69) is 5.32 Å². The first kappa shape index (κ1) is 18.4. The summed E-state index contributed by atoms with van der Waals surface area (Å²) in [5, 5.41) is 3.24. The smallest absolute Gasteiger partial charge is 0.326 e. The molecule has 0 aromatic heterocycles. The fourth-order valence-corrected chi connectivity index (χ4v) is 4.02. The minimum Gasteiger partial charge on any atom is -0.465 e. The summed E-state index contributed by atoms with van der Waals surface area (Å²) in [4.78, 5) is 41.2. The van der Waals surface area contributed by atoms with Crippen molar-refractivity contribution in [1.82, 2.24) is 10.2 Å². The first-order valence-corrected chi connectivity index (χ1v) is 8.76. The molecule has 26 heavy (non-hydrogen) atoms. The van der Waals surface area contributed by atoms with Crippen LogP contribution in [0.2, 0.25) is 0 Å². The summed E-state index contributed by atoms with van der Waals surface area (Å²) in [6.07, 6.45) is 0. The molecule has 7 nitrogen and oxygen atoms in total. The lowest BCUT2D eigenvalue weighted by Crippen LogP contribution is -2.53. The molecule has 0 saturated carbocycles. The van der Waals surface area contributed by atoms with Crippen molar-refractivity contribution in [2.75, 3.05) is 32.6 Å². The van der Waals surface area contributed by atoms with Gasteiger partial charge in [-0.2, -0.15) is 0 Å². The Morgan fingerprint density at radius 3 is 2.38 bits per heavy atom. The van der Waals surface area contributed by atoms with E-state index in [-0.39, 0.29) is 18.4 Å². The zero-order chi connectivity index (χ0) is 19.2. The molecule has 2 amide bonds. The van der Waals surface area contributed by atoms with Crippen molar-refractivity contribution in [1.29, 1.82) is 0 Å². The average molecular weight is 359 g/mol. The molecule has 0 aliphatic carbocycles. The third-order valence-electron chi connectivity index (χ3n) is 5.48. The van der Waals surface area contributed by atoms with Crippen LogP contribution in [0.15, 0.2) is 24.3 Å². The van der Waals surface area contributed by atoms with Crippen LogP contribution in [0, 0.1) is 11.8 Å². The van der Waals surface area contributed by atoms with E-state index in [0.717, 1.165) is 16.2 Å². The zero-order valence-electron chi connectivity index (χ0n) is 15.8. The van der Waals surface area contributed by atoms with Crippen molar-refractivity contribution in [3.05, 3.63) is 29.8 Å². The van der Waals surface area contributed by atoms with Crippen LogP contribution in [0.1, 0.15) is 25.5 Å². The van der Waals surface area contributed by atoms with Crippen LogP contribution in [0.3, 0.4) is 0 Å². The van der Waals surface area contributed by atoms with E-state index in [1.807, 2.05) is 43.3 Å². The highest BCUT2D eigenvalue weighted by Gasteiger charge is 2.66. The third kappa shape index (κ3) is 2.58. The SMILES string of the molecule is CCOC(=O)[C@]1(C)N[C@@H](c2ccc(N(C)C)cc2)[C@H]2C(=O)N(C)C(=O)[C@H]21. The van der Waals surface area contributed by atoms with Gasteiger partial charge in [0.15, 0.2) is 0 Å². The van der Waals surface area contributed by atoms with Gasteiger partial charge >= 0.3 is 5.97 Å². The summed E-state index contributed by atoms with van der Waals surface area (Å²) in [6, 6.07) is 7.34. The van der Waals surface area contributed by atoms with E-state index in [9.17, 15) is 14.4 Å². The van der Waals surface area contributed by atoms with Crippen LogP contribution >= 0.6 is 0 Å². The van der Waals surface area contributed by atoms with Gasteiger partial charge in [-0.3, -0.25) is 24.6 Å². The monoisotopic (exact) mass is 359 g/mol. The Morgan fingerprint density at radius 1 is 1.23 bits per heavy atom. The second-order valence-corrected chi connectivity index (χ2v) is 7.27. The molecule has 1 aromatic carbocycles. The molecule has 2 aliphatic rings. The number of likely N-dealkylation sites (tertiary alicyclic amines) is 1. The molecule has 2 saturated heterocycles. The summed E-state index contributed by atoms with van der Waals surface area (Å²) in [5.41, 5.74) is 0.667. The Balaban J connectivity index is 2.02. The lowest BCUT2D eigenvalue weighted by Gasteiger charge is -2.28. The molecule has 3 rings (SSSR count). The Kier molecular flexibility index (Phi) is 4.52. The Bertz CT molecular complexity index is 746. The van der Waals surface area contributed by atoms with E-state index in [1.165, 1.54) is 7.05 Å². The minimum absolute atomic E-state index is 0.216. The molecule has 4 atom stereocenters. The number of anilines is 1. The summed E-state index contributed by atoms with van der Waals surface area (Å²) >= 11 is 0. The van der Waals surface area contributed by atoms with Gasteiger partial charge in [0.05, 0.1) is 18.4 Å². The van der Waals surface area contributed by atoms with Crippen LogP contribution < -0.4 is 10.2 Å². The van der Waals surface area contributed by atoms with Crippen LogP contribution in [0.4, 0.5) is 5.69 Å². The lowest BCUT2D eigenvalue weighted by molar-refractivity contribution is -0.155. The average Bonchev–Trinajstić information content (AvgIpc) is 3.05. The fourth-order valence-electron chi connectivity index (χ4n) is 4.02. The molecule has 2 fully saturated rings. The fraction of sp³-hybridized carbons (Fsp3) is 0.526. The number of imide groups is 1. The number of esters is 1. The summed E-state index contributed by atoms with van der Waals surface area (Å²) < 4.78 is 5.20. The highest BCUT2D eigenvalue weighted by molar-refractivity contribution is 6.09. The molecule has 140 valence electrons. The topological polar surface area (TPSA) is 79.0 Å². The van der Waals surface area contributed by atoms with Gasteiger partial charge in [0.1, 0.15) is 5.54 Å². The lowest BCUT2D eigenvalue weighted by atomic mass is 9.80. The predicted molar refractivity (Wildman–Crippen MR) is 96.4 cm³/mol. The predicted octanol–water partition coefficient (Wildman–Crippen LogP) is 0.950. The van der Waals surface area contributed by atoms with Crippen molar-refractivity contribution < 1.29 is 19.1 Å². The molecule has 0 bridgehead atoms. The summed E-state index contributed by atoms with van der Waals surface area (Å²) in [7, 11) is 5.37. The van der Waals surface area contributed by atoms with Gasteiger partial charge in [-0.1, -0.05) is 12.1 Å². The molecular weight excluding hydrogens is 334 g/mol. The molecule has 2 aliphatic heterocycles. The van der Waals surface area contributed by atoms with Crippen molar-refractivity contribution in [2.45, 2.75) is 25.4 Å². The molecule has 1 aromatic rings. The van der Waals surface area contributed by atoms with Crippen molar-refractivity contribution in [3.63, 3.8) is 0 Å². The van der Waals surface area contributed by atoms with E-state index < -0.39 is 29.4 Å². The number of carbonyl (C=O) groups is 3. The normalized spacial score (nSPS) is 30.5. The highest BCUT2D eigenvalue weighted by atomic mass is 16.5. The quantitative estimate of drug-likeness (QED) is 0.637. The van der Waals surface area contributed by atoms with E-state index in [1.54, 1.807) is 13.8 Å². The number of amides is 2. The van der Waals surface area contributed by atoms with Gasteiger partial charge in [-0.25, -0.2) is 0 Å². The Morgan fingerprint density at radius 2 is 1.85 bits per heavy atom. The summed E-state index contributed by atoms with van der Waals surface area (Å²) in [6.45, 7) is 3.59. The zero-order valence-corrected chi connectivity index (χ0v) is 15.8. The van der Waals surface area contributed by atoms with Gasteiger partial charge in [0, 0.05) is 32.9 Å². The Hall–Kier alpha value is -2.41. The maximum Gasteiger partial charge on any atom is 0.326 e. The molecule has 7 heteroatoms. The number of rotatable bonds is 4. The third-order valence-corrected chi connectivity index (χ3v) is 5.48. The van der Waals surface area contributed by atoms with Crippen LogP contribution in [-0.2, 0) is 19.1 Å². The van der Waals surface area contributed by atoms with Crippen LogP contribution in [0.5, 0.6) is 0 Å². The van der Waals surface area contributed by atoms with Crippen LogP contribution in [-0.4, -0.2) is 56.0 Å². The van der Waals surface area contributed by atoms with Crippen molar-refractivity contribution in [2.24, 2.45) is 11.8 Å². The van der Waals surface area contributed by atoms with Crippen molar-refractivity contribution in [3.8, 4) is 0 Å². The maximum atomic E-state index is 12.7. The second kappa shape index (κ2) is 6.39. The second-order valence-electron chi connectivity index (χ2n) is 7.27. The highest BCUT2D eigenvalue weighted by Crippen LogP contribution is 2.48. The number of hydrogen-bond donors (Lipinski definition) is 1. The number of nitrogens with one attached hydrogen (secondary N) is 1. The largest absolute Gasteiger partial charge is 0.465 e. The first-order chi connectivity index (χ1) is 12.2. The van der Waals surface area contributed by atoms with Gasteiger partial charge in [-0.05, 0) is 31.5 Å². The molecule has 0 radical (unpaired) electrons. The van der Waals surface area contributed by atoms with E-state index in [4.69, 9.17) is 4.74 Å². The van der Waals surface area contributed by atoms with Gasteiger partial charge < -0.3 is 9.64 Å². The maximum absolute atomic E-state index is 12.7. The van der Waals surface area contributed by atoms with Gasteiger partial charge in [-0.15, -0.1) is 0 Å². The van der Waals surface area contributed by atoms with Crippen molar-refractivity contribution >= 4 is 23.5 Å². The minimum atomic E-state index is -1.23. The molecular formula is C19H25N3O4. The molecule has 1 N–H and O–H groups in total. The van der Waals surface area contributed by atoms with E-state index in [0.29, 0.717) is 0 Å². The van der Waals surface area contributed by atoms with E-state index >= 15 is 0 Å². The van der Waals surface area contributed by atoms with Crippen LogP contribution in [0.25, 0.3) is 0 Å². The Labute approximate surface area is 153 Å². The van der Waals surface area contributed by atoms with Gasteiger partial charge in [0.2, 0.25) is 11.8 Å². The molecule has 0 unspecified atom stereocenters. The standard InChI is InChI=1S/C19H25N3O4/c1-6-26-18(25)19(2)14-13(16(23)22(5)17(14)24)15(20-19)11-7-9-12(10-8-11)21(3)4/h7-10,13-15,20H,6H2,1-5H3/t13-,14-,15-,19+/m0/s1. The van der Waals surface area contributed by atoms with Gasteiger partial charge in [0.25, 0.3) is 0 Å².